The lowest BCUT2D eigenvalue weighted by Gasteiger charge is -2.28. The van der Waals surface area contributed by atoms with Crippen LogP contribution in [0.2, 0.25) is 0 Å². The Morgan fingerprint density at radius 1 is 0.935 bits per heavy atom. The molecule has 0 amide bonds. The van der Waals surface area contributed by atoms with Gasteiger partial charge in [0.15, 0.2) is 5.82 Å². The molecule has 0 N–H and O–H groups in total. The number of aliphatic imine (C=N–C) groups is 1. The number of halogens is 2. The van der Waals surface area contributed by atoms with Crippen molar-refractivity contribution in [3.8, 4) is 11.3 Å². The van der Waals surface area contributed by atoms with Crippen molar-refractivity contribution in [1.82, 2.24) is 19.9 Å². The summed E-state index contributed by atoms with van der Waals surface area (Å²) >= 11 is 7.10. The maximum Gasteiger partial charge on any atom is 0.173 e. The highest BCUT2D eigenvalue weighted by Crippen LogP contribution is 2.27. The van der Waals surface area contributed by atoms with Crippen LogP contribution >= 0.6 is 31.9 Å². The van der Waals surface area contributed by atoms with Gasteiger partial charge in [-0.15, -0.1) is 0 Å². The average Bonchev–Trinajstić information content (AvgIpc) is 2.79. The van der Waals surface area contributed by atoms with Crippen LogP contribution in [0.15, 0.2) is 56.7 Å². The molecule has 0 atom stereocenters. The Kier molecular flexibility index (Phi) is 6.25. The molecule has 31 heavy (non-hydrogen) atoms. The van der Waals surface area contributed by atoms with E-state index in [9.17, 15) is 0 Å². The van der Waals surface area contributed by atoms with Gasteiger partial charge in [0.2, 0.25) is 0 Å². The molecule has 1 aromatic carbocycles. The van der Waals surface area contributed by atoms with E-state index >= 15 is 0 Å². The van der Waals surface area contributed by atoms with E-state index in [1.165, 1.54) is 29.7 Å². The van der Waals surface area contributed by atoms with E-state index in [-0.39, 0.29) is 0 Å². The third-order valence-corrected chi connectivity index (χ3v) is 6.70. The predicted octanol–water partition coefficient (Wildman–Crippen LogP) is 5.59. The van der Waals surface area contributed by atoms with E-state index in [0.29, 0.717) is 0 Å². The third-order valence-electron chi connectivity index (χ3n) is 5.78. The Hall–Kier alpha value is -1.96. The summed E-state index contributed by atoms with van der Waals surface area (Å²) in [4.78, 5) is 21.2. The highest BCUT2D eigenvalue weighted by molar-refractivity contribution is 9.11. The molecule has 0 fully saturated rings. The van der Waals surface area contributed by atoms with Gasteiger partial charge < -0.3 is 0 Å². The van der Waals surface area contributed by atoms with Crippen LogP contribution in [0, 0.1) is 0 Å². The molecule has 0 bridgehead atoms. The first-order valence-corrected chi connectivity index (χ1v) is 12.2. The molecule has 2 aromatic heterocycles. The highest BCUT2D eigenvalue weighted by Gasteiger charge is 2.20. The Balaban J connectivity index is 1.26. The molecule has 0 unspecified atom stereocenters. The second-order valence-corrected chi connectivity index (χ2v) is 9.95. The second-order valence-electron chi connectivity index (χ2n) is 8.12. The zero-order valence-corrected chi connectivity index (χ0v) is 20.4. The van der Waals surface area contributed by atoms with E-state index in [0.717, 1.165) is 70.8 Å². The molecule has 0 radical (unpaired) electrons. The molecule has 5 nitrogen and oxygen atoms in total. The van der Waals surface area contributed by atoms with Crippen molar-refractivity contribution >= 4 is 37.6 Å². The van der Waals surface area contributed by atoms with Crippen LogP contribution in [0.4, 0.5) is 0 Å². The fourth-order valence-electron chi connectivity index (χ4n) is 4.18. The fourth-order valence-corrected chi connectivity index (χ4v) is 5.47. The van der Waals surface area contributed by atoms with Gasteiger partial charge in [0.05, 0.1) is 17.1 Å². The maximum atomic E-state index is 4.85. The lowest BCUT2D eigenvalue weighted by molar-refractivity contribution is 0.242. The first-order chi connectivity index (χ1) is 15.1. The molecule has 0 saturated carbocycles. The standard InChI is InChI=1S/C24H23Br2N5/c25-19-9-17(10-20(26)11-19)21-5-4-16(12-28-21)14-31-8-6-22-18(15-31)13-29-24(30-22)23-3-1-2-7-27-23/h4-5,9-13H,1-3,6-8,14-15H2. The van der Waals surface area contributed by atoms with Crippen molar-refractivity contribution in [2.75, 3.05) is 13.1 Å². The molecular formula is C24H23Br2N5. The topological polar surface area (TPSA) is 54.3 Å². The number of hydrogen-bond donors (Lipinski definition) is 0. The number of fused-ring (bicyclic) bond motifs is 1. The van der Waals surface area contributed by atoms with Crippen molar-refractivity contribution in [1.29, 1.82) is 0 Å². The summed E-state index contributed by atoms with van der Waals surface area (Å²) in [7, 11) is 0. The Labute approximate surface area is 199 Å². The molecule has 0 spiro atoms. The normalized spacial score (nSPS) is 16.6. The second kappa shape index (κ2) is 9.27. The zero-order valence-electron chi connectivity index (χ0n) is 17.2. The average molecular weight is 541 g/mol. The minimum Gasteiger partial charge on any atom is -0.294 e. The van der Waals surface area contributed by atoms with Crippen LogP contribution in [0.5, 0.6) is 0 Å². The van der Waals surface area contributed by atoms with Crippen molar-refractivity contribution in [3.63, 3.8) is 0 Å². The Morgan fingerprint density at radius 2 is 1.81 bits per heavy atom. The summed E-state index contributed by atoms with van der Waals surface area (Å²) in [5.41, 5.74) is 6.78. The number of benzene rings is 1. The van der Waals surface area contributed by atoms with Crippen molar-refractivity contribution < 1.29 is 0 Å². The fraction of sp³-hybridized carbons (Fsp3) is 0.333. The van der Waals surface area contributed by atoms with Gasteiger partial charge >= 0.3 is 0 Å². The van der Waals surface area contributed by atoms with Gasteiger partial charge in [-0.3, -0.25) is 14.9 Å². The lowest BCUT2D eigenvalue weighted by Crippen LogP contribution is -2.31. The van der Waals surface area contributed by atoms with Crippen LogP contribution in [0.3, 0.4) is 0 Å². The van der Waals surface area contributed by atoms with Gasteiger partial charge in [-0.2, -0.15) is 0 Å². The summed E-state index contributed by atoms with van der Waals surface area (Å²) in [6.45, 7) is 3.66. The quantitative estimate of drug-likeness (QED) is 0.432. The third kappa shape index (κ3) is 4.94. The maximum absolute atomic E-state index is 4.85. The van der Waals surface area contributed by atoms with E-state index in [4.69, 9.17) is 9.97 Å². The first kappa shape index (κ1) is 20.9. The Morgan fingerprint density at radius 3 is 2.55 bits per heavy atom. The van der Waals surface area contributed by atoms with Crippen LogP contribution in [-0.2, 0) is 19.5 Å². The minimum absolute atomic E-state index is 0.839. The minimum atomic E-state index is 0.839. The molecule has 0 aliphatic carbocycles. The molecule has 7 heteroatoms. The Bertz CT molecular complexity index is 1110. The molecule has 3 aromatic rings. The summed E-state index contributed by atoms with van der Waals surface area (Å²) in [5.74, 6) is 0.839. The van der Waals surface area contributed by atoms with E-state index in [2.05, 4.69) is 71.0 Å². The van der Waals surface area contributed by atoms with E-state index in [1.807, 2.05) is 18.5 Å². The van der Waals surface area contributed by atoms with E-state index < -0.39 is 0 Å². The van der Waals surface area contributed by atoms with Crippen LogP contribution in [0.25, 0.3) is 11.3 Å². The molecular weight excluding hydrogens is 518 g/mol. The van der Waals surface area contributed by atoms with Crippen molar-refractivity contribution in [3.05, 3.63) is 74.3 Å². The number of nitrogens with zero attached hydrogens (tertiary/aromatic N) is 5. The number of aromatic nitrogens is 3. The molecule has 5 rings (SSSR count). The highest BCUT2D eigenvalue weighted by atomic mass is 79.9. The monoisotopic (exact) mass is 539 g/mol. The van der Waals surface area contributed by atoms with Gasteiger partial charge in [-0.1, -0.05) is 37.9 Å². The summed E-state index contributed by atoms with van der Waals surface area (Å²) < 4.78 is 2.08. The smallest absolute Gasteiger partial charge is 0.173 e. The first-order valence-electron chi connectivity index (χ1n) is 10.7. The van der Waals surface area contributed by atoms with Crippen molar-refractivity contribution in [2.24, 2.45) is 4.99 Å². The van der Waals surface area contributed by atoms with Crippen LogP contribution in [0.1, 0.15) is 41.9 Å². The molecule has 0 saturated heterocycles. The summed E-state index contributed by atoms with van der Waals surface area (Å²) in [6, 6.07) is 10.5. The number of rotatable bonds is 4. The van der Waals surface area contributed by atoms with Gasteiger partial charge in [0, 0.05) is 65.1 Å². The molecule has 2 aliphatic rings. The van der Waals surface area contributed by atoms with Crippen LogP contribution < -0.4 is 0 Å². The van der Waals surface area contributed by atoms with Crippen LogP contribution in [-0.4, -0.2) is 38.7 Å². The molecule has 2 aliphatic heterocycles. The van der Waals surface area contributed by atoms with Gasteiger partial charge in [-0.25, -0.2) is 9.97 Å². The lowest BCUT2D eigenvalue weighted by atomic mass is 10.0. The van der Waals surface area contributed by atoms with Gasteiger partial charge in [0.1, 0.15) is 0 Å². The molecule has 4 heterocycles. The zero-order chi connectivity index (χ0) is 21.2. The number of pyridine rings is 1. The SMILES string of the molecule is Brc1cc(Br)cc(-c2ccc(CN3CCc4nc(C5=NCCCC5)ncc4C3)cn2)c1. The predicted molar refractivity (Wildman–Crippen MR) is 130 cm³/mol. The molecule has 158 valence electrons. The van der Waals surface area contributed by atoms with Crippen molar-refractivity contribution in [2.45, 2.75) is 38.8 Å². The number of hydrogen-bond acceptors (Lipinski definition) is 5. The largest absolute Gasteiger partial charge is 0.294 e. The van der Waals surface area contributed by atoms with Gasteiger partial charge in [0.25, 0.3) is 0 Å². The van der Waals surface area contributed by atoms with E-state index in [1.54, 1.807) is 0 Å². The summed E-state index contributed by atoms with van der Waals surface area (Å²) in [6.07, 6.45) is 8.33. The van der Waals surface area contributed by atoms with Gasteiger partial charge in [-0.05, 0) is 49.1 Å². The summed E-state index contributed by atoms with van der Waals surface area (Å²) in [5, 5.41) is 0.